The van der Waals surface area contributed by atoms with Crippen molar-refractivity contribution in [2.75, 3.05) is 7.11 Å². The summed E-state index contributed by atoms with van der Waals surface area (Å²) < 4.78 is 32.5. The zero-order valence-electron chi connectivity index (χ0n) is 11.9. The Morgan fingerprint density at radius 2 is 2.19 bits per heavy atom. The molecule has 0 radical (unpaired) electrons. The molecule has 7 nitrogen and oxygen atoms in total. The molecule has 2 aromatic rings. The van der Waals surface area contributed by atoms with Crippen LogP contribution < -0.4 is 15.2 Å². The molecule has 0 spiro atoms. The van der Waals surface area contributed by atoms with Crippen LogP contribution in [0, 0.1) is 6.92 Å². The fourth-order valence-corrected chi connectivity index (χ4v) is 3.09. The van der Waals surface area contributed by atoms with Crippen molar-refractivity contribution < 1.29 is 13.2 Å². The van der Waals surface area contributed by atoms with Crippen molar-refractivity contribution >= 4 is 10.0 Å². The second-order valence-corrected chi connectivity index (χ2v) is 6.27. The standard InChI is InChI=1S/C13H18N4O3S/c1-9-11(7-15-17-9)8-16-21(18,19)13-5-10(6-14)3-4-12(13)20-2/h3-5,7,16H,6,8,14H2,1-2H3,(H,15,17). The van der Waals surface area contributed by atoms with Gasteiger partial charge in [-0.2, -0.15) is 5.10 Å². The minimum Gasteiger partial charge on any atom is -0.495 e. The van der Waals surface area contributed by atoms with Crippen molar-refractivity contribution in [3.8, 4) is 5.75 Å². The first-order chi connectivity index (χ1) is 9.97. The van der Waals surface area contributed by atoms with E-state index in [-0.39, 0.29) is 23.7 Å². The van der Waals surface area contributed by atoms with Crippen LogP contribution in [0.5, 0.6) is 5.75 Å². The molecule has 0 unspecified atom stereocenters. The lowest BCUT2D eigenvalue weighted by atomic mass is 10.2. The third-order valence-corrected chi connectivity index (χ3v) is 4.56. The highest BCUT2D eigenvalue weighted by atomic mass is 32.2. The largest absolute Gasteiger partial charge is 0.495 e. The molecule has 0 bridgehead atoms. The summed E-state index contributed by atoms with van der Waals surface area (Å²) in [5, 5.41) is 6.61. The van der Waals surface area contributed by atoms with Crippen LogP contribution >= 0.6 is 0 Å². The minimum atomic E-state index is -3.70. The number of nitrogens with zero attached hydrogens (tertiary/aromatic N) is 1. The van der Waals surface area contributed by atoms with E-state index in [1.54, 1.807) is 18.3 Å². The van der Waals surface area contributed by atoms with Gasteiger partial charge in [0.2, 0.25) is 10.0 Å². The number of aromatic amines is 1. The van der Waals surface area contributed by atoms with Gasteiger partial charge in [0, 0.05) is 24.3 Å². The highest BCUT2D eigenvalue weighted by molar-refractivity contribution is 7.89. The number of rotatable bonds is 6. The Bertz CT molecular complexity index is 725. The van der Waals surface area contributed by atoms with Gasteiger partial charge in [0.05, 0.1) is 13.3 Å². The van der Waals surface area contributed by atoms with Gasteiger partial charge in [-0.05, 0) is 24.6 Å². The van der Waals surface area contributed by atoms with Crippen molar-refractivity contribution in [1.29, 1.82) is 0 Å². The van der Waals surface area contributed by atoms with E-state index >= 15 is 0 Å². The Morgan fingerprint density at radius 1 is 1.43 bits per heavy atom. The number of nitrogens with one attached hydrogen (secondary N) is 2. The van der Waals surface area contributed by atoms with Crippen molar-refractivity contribution in [2.24, 2.45) is 5.73 Å². The van der Waals surface area contributed by atoms with Crippen LogP contribution in [-0.2, 0) is 23.1 Å². The third-order valence-electron chi connectivity index (χ3n) is 3.14. The summed E-state index contributed by atoms with van der Waals surface area (Å²) in [7, 11) is -2.27. The SMILES string of the molecule is COc1ccc(CN)cc1S(=O)(=O)NCc1cn[nH]c1C. The Balaban J connectivity index is 2.28. The Morgan fingerprint density at radius 3 is 2.76 bits per heavy atom. The highest BCUT2D eigenvalue weighted by Gasteiger charge is 2.20. The summed E-state index contributed by atoms with van der Waals surface area (Å²) in [6, 6.07) is 4.85. The molecule has 114 valence electrons. The van der Waals surface area contributed by atoms with Gasteiger partial charge in [-0.1, -0.05) is 6.07 Å². The van der Waals surface area contributed by atoms with Gasteiger partial charge in [-0.25, -0.2) is 13.1 Å². The number of methoxy groups -OCH3 is 1. The van der Waals surface area contributed by atoms with Gasteiger partial charge in [-0.3, -0.25) is 5.10 Å². The molecule has 8 heteroatoms. The fourth-order valence-electron chi connectivity index (χ4n) is 1.86. The number of aromatic nitrogens is 2. The molecule has 4 N–H and O–H groups in total. The maximum Gasteiger partial charge on any atom is 0.244 e. The first kappa shape index (κ1) is 15.5. The molecule has 1 aromatic carbocycles. The number of sulfonamides is 1. The summed E-state index contributed by atoms with van der Waals surface area (Å²) in [4.78, 5) is 0.0779. The average Bonchev–Trinajstić information content (AvgIpc) is 2.90. The number of benzene rings is 1. The quantitative estimate of drug-likeness (QED) is 0.726. The van der Waals surface area contributed by atoms with Gasteiger partial charge >= 0.3 is 0 Å². The van der Waals surface area contributed by atoms with Gasteiger partial charge < -0.3 is 10.5 Å². The second-order valence-electron chi connectivity index (χ2n) is 4.53. The smallest absolute Gasteiger partial charge is 0.244 e. The predicted octanol–water partition coefficient (Wildman–Crippen LogP) is 0.664. The number of ether oxygens (including phenoxy) is 1. The van der Waals surface area contributed by atoms with E-state index in [9.17, 15) is 8.42 Å². The molecule has 0 saturated heterocycles. The third kappa shape index (κ3) is 3.41. The van der Waals surface area contributed by atoms with Crippen LogP contribution in [0.25, 0.3) is 0 Å². The Labute approximate surface area is 123 Å². The van der Waals surface area contributed by atoms with Crippen molar-refractivity contribution in [1.82, 2.24) is 14.9 Å². The van der Waals surface area contributed by atoms with Crippen molar-refractivity contribution in [3.05, 3.63) is 41.2 Å². The molecule has 1 aromatic heterocycles. The lowest BCUT2D eigenvalue weighted by Gasteiger charge is -2.12. The fraction of sp³-hybridized carbons (Fsp3) is 0.308. The van der Waals surface area contributed by atoms with E-state index in [1.807, 2.05) is 6.92 Å². The first-order valence-corrected chi connectivity index (χ1v) is 7.81. The molecular formula is C13H18N4O3S. The number of aryl methyl sites for hydroxylation is 1. The van der Waals surface area contributed by atoms with Gasteiger partial charge in [0.25, 0.3) is 0 Å². The number of hydrogen-bond acceptors (Lipinski definition) is 5. The molecular weight excluding hydrogens is 292 g/mol. The molecule has 2 rings (SSSR count). The molecule has 0 amide bonds. The van der Waals surface area contributed by atoms with Gasteiger partial charge in [0.15, 0.2) is 0 Å². The lowest BCUT2D eigenvalue weighted by Crippen LogP contribution is -2.24. The van der Waals surface area contributed by atoms with Crippen LogP contribution in [0.15, 0.2) is 29.3 Å². The van der Waals surface area contributed by atoms with Crippen LogP contribution in [0.1, 0.15) is 16.8 Å². The summed E-state index contributed by atoms with van der Waals surface area (Å²) >= 11 is 0. The Hall–Kier alpha value is -1.90. The maximum atomic E-state index is 12.4. The predicted molar refractivity (Wildman–Crippen MR) is 78.2 cm³/mol. The van der Waals surface area contributed by atoms with E-state index in [1.165, 1.54) is 13.2 Å². The zero-order valence-corrected chi connectivity index (χ0v) is 12.7. The normalized spacial score (nSPS) is 11.6. The van der Waals surface area contributed by atoms with E-state index in [0.29, 0.717) is 0 Å². The van der Waals surface area contributed by atoms with Gasteiger partial charge in [-0.15, -0.1) is 0 Å². The number of hydrogen-bond donors (Lipinski definition) is 3. The summed E-state index contributed by atoms with van der Waals surface area (Å²) in [6.45, 7) is 2.24. The van der Waals surface area contributed by atoms with E-state index < -0.39 is 10.0 Å². The molecule has 1 heterocycles. The van der Waals surface area contributed by atoms with Gasteiger partial charge in [0.1, 0.15) is 10.6 Å². The molecule has 0 aliphatic carbocycles. The molecule has 0 aliphatic rings. The van der Waals surface area contributed by atoms with Crippen molar-refractivity contribution in [2.45, 2.75) is 24.9 Å². The van der Waals surface area contributed by atoms with Crippen LogP contribution in [0.4, 0.5) is 0 Å². The molecule has 0 atom stereocenters. The zero-order chi connectivity index (χ0) is 15.5. The first-order valence-electron chi connectivity index (χ1n) is 6.33. The number of H-pyrrole nitrogens is 1. The monoisotopic (exact) mass is 310 g/mol. The summed E-state index contributed by atoms with van der Waals surface area (Å²) in [5.41, 5.74) is 7.88. The molecule has 0 aliphatic heterocycles. The van der Waals surface area contributed by atoms with Crippen molar-refractivity contribution in [3.63, 3.8) is 0 Å². The van der Waals surface area contributed by atoms with E-state index in [4.69, 9.17) is 10.5 Å². The summed E-state index contributed by atoms with van der Waals surface area (Å²) in [5.74, 6) is 0.281. The second kappa shape index (κ2) is 6.25. The van der Waals surface area contributed by atoms with Crippen LogP contribution in [0.2, 0.25) is 0 Å². The molecule has 0 saturated carbocycles. The van der Waals surface area contributed by atoms with E-state index in [2.05, 4.69) is 14.9 Å². The number of nitrogens with two attached hydrogens (primary N) is 1. The maximum absolute atomic E-state index is 12.4. The molecule has 0 fully saturated rings. The molecule has 21 heavy (non-hydrogen) atoms. The highest BCUT2D eigenvalue weighted by Crippen LogP contribution is 2.25. The van der Waals surface area contributed by atoms with E-state index in [0.717, 1.165) is 16.8 Å². The topological polar surface area (TPSA) is 110 Å². The summed E-state index contributed by atoms with van der Waals surface area (Å²) in [6.07, 6.45) is 1.59. The van der Waals surface area contributed by atoms with Crippen LogP contribution in [0.3, 0.4) is 0 Å². The average molecular weight is 310 g/mol. The minimum absolute atomic E-state index is 0.0779. The Kier molecular flexibility index (Phi) is 4.61. The lowest BCUT2D eigenvalue weighted by molar-refractivity contribution is 0.402. The van der Waals surface area contributed by atoms with Crippen LogP contribution in [-0.4, -0.2) is 25.7 Å².